The minimum atomic E-state index is -0.416. The van der Waals surface area contributed by atoms with Crippen molar-refractivity contribution in [2.75, 3.05) is 13.1 Å². The van der Waals surface area contributed by atoms with Gasteiger partial charge in [0.25, 0.3) is 0 Å². The van der Waals surface area contributed by atoms with Crippen molar-refractivity contribution >= 4 is 11.6 Å². The van der Waals surface area contributed by atoms with Crippen molar-refractivity contribution < 1.29 is 5.11 Å². The number of aliphatic hydroxyl groups is 1. The van der Waals surface area contributed by atoms with Gasteiger partial charge in [0, 0.05) is 5.02 Å². The zero-order valence-electron chi connectivity index (χ0n) is 13.6. The third-order valence-corrected chi connectivity index (χ3v) is 5.36. The van der Waals surface area contributed by atoms with E-state index >= 15 is 0 Å². The highest BCUT2D eigenvalue weighted by atomic mass is 35.5. The smallest absolute Gasteiger partial charge is 0.165 e. The largest absolute Gasteiger partial charge is 0.388 e. The number of benzene rings is 1. The maximum Gasteiger partial charge on any atom is 0.165 e. The third kappa shape index (κ3) is 3.45. The predicted molar refractivity (Wildman–Crippen MR) is 90.5 cm³/mol. The molecule has 1 aromatic carbocycles. The topological polar surface area (TPSA) is 67.1 Å². The molecule has 2 heterocycles. The van der Waals surface area contributed by atoms with Crippen LogP contribution in [0, 0.1) is 5.92 Å². The zero-order valence-corrected chi connectivity index (χ0v) is 14.3. The highest BCUT2D eigenvalue weighted by Crippen LogP contribution is 2.35. The van der Waals surface area contributed by atoms with Crippen LogP contribution in [0.3, 0.4) is 0 Å². The van der Waals surface area contributed by atoms with Gasteiger partial charge in [-0.25, -0.2) is 4.68 Å². The Morgan fingerprint density at radius 2 is 1.83 bits per heavy atom. The molecule has 1 aromatic heterocycles. The van der Waals surface area contributed by atoms with E-state index < -0.39 is 6.10 Å². The summed E-state index contributed by atoms with van der Waals surface area (Å²) < 4.78 is 1.98. The summed E-state index contributed by atoms with van der Waals surface area (Å²) in [6, 6.07) is 8.03. The number of tetrazole rings is 1. The second kappa shape index (κ2) is 6.78. The van der Waals surface area contributed by atoms with Crippen molar-refractivity contribution in [1.82, 2.24) is 25.1 Å². The molecule has 0 spiro atoms. The molecule has 2 fully saturated rings. The third-order valence-electron chi connectivity index (χ3n) is 5.11. The number of piperidine rings is 1. The highest BCUT2D eigenvalue weighted by Gasteiger charge is 2.30. The number of aromatic nitrogens is 4. The molecule has 7 heteroatoms. The molecule has 2 aromatic rings. The Morgan fingerprint density at radius 1 is 1.12 bits per heavy atom. The molecule has 1 unspecified atom stereocenters. The van der Waals surface area contributed by atoms with E-state index in [9.17, 15) is 5.11 Å². The SMILES string of the molecule is OC(c1ccc(Cl)cc1)C1CCN(Cc2nnnn2C2CC2)CC1. The minimum Gasteiger partial charge on any atom is -0.388 e. The van der Waals surface area contributed by atoms with Gasteiger partial charge in [0.1, 0.15) is 0 Å². The summed E-state index contributed by atoms with van der Waals surface area (Å²) >= 11 is 5.92. The number of hydrogen-bond acceptors (Lipinski definition) is 5. The van der Waals surface area contributed by atoms with E-state index in [0.717, 1.165) is 43.9 Å². The van der Waals surface area contributed by atoms with E-state index in [1.54, 1.807) is 0 Å². The van der Waals surface area contributed by atoms with Crippen molar-refractivity contribution in [2.24, 2.45) is 5.92 Å². The van der Waals surface area contributed by atoms with Gasteiger partial charge in [0.15, 0.2) is 5.82 Å². The van der Waals surface area contributed by atoms with Crippen LogP contribution in [0.1, 0.15) is 49.2 Å². The first kappa shape index (κ1) is 16.0. The molecule has 0 bridgehead atoms. The van der Waals surface area contributed by atoms with Gasteiger partial charge in [0.2, 0.25) is 0 Å². The molecule has 1 aliphatic carbocycles. The van der Waals surface area contributed by atoms with Gasteiger partial charge in [-0.1, -0.05) is 23.7 Å². The van der Waals surface area contributed by atoms with Gasteiger partial charge in [0.05, 0.1) is 18.7 Å². The molecule has 1 atom stereocenters. The maximum absolute atomic E-state index is 10.6. The summed E-state index contributed by atoms with van der Waals surface area (Å²) in [6.45, 7) is 2.73. The molecule has 0 amide bonds. The Kier molecular flexibility index (Phi) is 4.52. The van der Waals surface area contributed by atoms with Gasteiger partial charge >= 0.3 is 0 Å². The number of hydrogen-bond donors (Lipinski definition) is 1. The van der Waals surface area contributed by atoms with Crippen LogP contribution in [0.5, 0.6) is 0 Å². The summed E-state index contributed by atoms with van der Waals surface area (Å²) in [6.07, 6.45) is 3.92. The van der Waals surface area contributed by atoms with Crippen LogP contribution < -0.4 is 0 Å². The van der Waals surface area contributed by atoms with Crippen molar-refractivity contribution in [3.05, 3.63) is 40.7 Å². The quantitative estimate of drug-likeness (QED) is 0.900. The molecule has 1 aliphatic heterocycles. The van der Waals surface area contributed by atoms with Crippen molar-refractivity contribution in [2.45, 2.75) is 44.4 Å². The molecular formula is C17H22ClN5O. The van der Waals surface area contributed by atoms with E-state index in [-0.39, 0.29) is 0 Å². The Bertz CT molecular complexity index is 677. The van der Waals surface area contributed by atoms with Crippen LogP contribution in [0.2, 0.25) is 5.02 Å². The molecular weight excluding hydrogens is 326 g/mol. The number of nitrogens with zero attached hydrogens (tertiary/aromatic N) is 5. The van der Waals surface area contributed by atoms with Crippen molar-refractivity contribution in [1.29, 1.82) is 0 Å². The second-order valence-corrected chi connectivity index (χ2v) is 7.32. The first-order valence-electron chi connectivity index (χ1n) is 8.63. The zero-order chi connectivity index (χ0) is 16.5. The molecule has 2 aliphatic rings. The van der Waals surface area contributed by atoms with Crippen LogP contribution in [0.25, 0.3) is 0 Å². The normalized spacial score (nSPS) is 21.1. The van der Waals surface area contributed by atoms with E-state index in [0.29, 0.717) is 17.0 Å². The fraction of sp³-hybridized carbons (Fsp3) is 0.588. The van der Waals surface area contributed by atoms with E-state index in [2.05, 4.69) is 20.4 Å². The fourth-order valence-electron chi connectivity index (χ4n) is 3.48. The van der Waals surface area contributed by atoms with E-state index in [4.69, 9.17) is 11.6 Å². The lowest BCUT2D eigenvalue weighted by molar-refractivity contribution is 0.0556. The van der Waals surface area contributed by atoms with Crippen LogP contribution >= 0.6 is 11.6 Å². The van der Waals surface area contributed by atoms with Crippen LogP contribution in [-0.4, -0.2) is 43.3 Å². The maximum atomic E-state index is 10.6. The first-order chi connectivity index (χ1) is 11.7. The molecule has 128 valence electrons. The summed E-state index contributed by atoms with van der Waals surface area (Å²) in [5, 5.41) is 23.4. The average molecular weight is 348 g/mol. The van der Waals surface area contributed by atoms with Crippen molar-refractivity contribution in [3.63, 3.8) is 0 Å². The minimum absolute atomic E-state index is 0.293. The second-order valence-electron chi connectivity index (χ2n) is 6.88. The molecule has 6 nitrogen and oxygen atoms in total. The van der Waals surface area contributed by atoms with Crippen molar-refractivity contribution in [3.8, 4) is 0 Å². The number of likely N-dealkylation sites (tertiary alicyclic amines) is 1. The van der Waals surface area contributed by atoms with E-state index in [1.165, 1.54) is 12.8 Å². The average Bonchev–Trinajstić information content (AvgIpc) is 3.35. The van der Waals surface area contributed by atoms with Gasteiger partial charge in [-0.2, -0.15) is 0 Å². The first-order valence-corrected chi connectivity index (χ1v) is 9.01. The lowest BCUT2D eigenvalue weighted by atomic mass is 9.87. The monoisotopic (exact) mass is 347 g/mol. The molecule has 0 radical (unpaired) electrons. The molecule has 1 saturated carbocycles. The standard InChI is InChI=1S/C17H22ClN5O/c18-14-3-1-12(2-4-14)17(24)13-7-9-22(10-8-13)11-16-19-20-21-23(16)15-5-6-15/h1-4,13,15,17,24H,5-11H2. The molecule has 1 saturated heterocycles. The number of halogens is 1. The summed E-state index contributed by atoms with van der Waals surface area (Å²) in [4.78, 5) is 2.38. The Balaban J connectivity index is 1.33. The predicted octanol–water partition coefficient (Wildman–Crippen LogP) is 2.61. The summed E-state index contributed by atoms with van der Waals surface area (Å²) in [5.74, 6) is 1.26. The van der Waals surface area contributed by atoms with E-state index in [1.807, 2.05) is 28.9 Å². The van der Waals surface area contributed by atoms with Gasteiger partial charge in [-0.3, -0.25) is 4.90 Å². The highest BCUT2D eigenvalue weighted by molar-refractivity contribution is 6.30. The fourth-order valence-corrected chi connectivity index (χ4v) is 3.60. The lowest BCUT2D eigenvalue weighted by Gasteiger charge is -2.34. The summed E-state index contributed by atoms with van der Waals surface area (Å²) in [5.41, 5.74) is 0.954. The van der Waals surface area contributed by atoms with Crippen LogP contribution in [0.15, 0.2) is 24.3 Å². The number of aliphatic hydroxyl groups excluding tert-OH is 1. The lowest BCUT2D eigenvalue weighted by Crippen LogP contribution is -2.36. The number of rotatable bonds is 5. The van der Waals surface area contributed by atoms with Gasteiger partial charge in [-0.15, -0.1) is 5.10 Å². The van der Waals surface area contributed by atoms with Gasteiger partial charge in [-0.05, 0) is 72.8 Å². The summed E-state index contributed by atoms with van der Waals surface area (Å²) in [7, 11) is 0. The Hall–Kier alpha value is -1.50. The Morgan fingerprint density at radius 3 is 2.50 bits per heavy atom. The Labute approximate surface area is 146 Å². The molecule has 24 heavy (non-hydrogen) atoms. The molecule has 1 N–H and O–H groups in total. The van der Waals surface area contributed by atoms with Crippen LogP contribution in [-0.2, 0) is 6.54 Å². The van der Waals surface area contributed by atoms with Crippen LogP contribution in [0.4, 0.5) is 0 Å². The van der Waals surface area contributed by atoms with Gasteiger partial charge < -0.3 is 5.11 Å². The molecule has 4 rings (SSSR count).